The molecule has 1 heterocycles. The molecule has 0 saturated carbocycles. The largest absolute Gasteiger partial charge is 0.320 e. The van der Waals surface area contributed by atoms with Crippen molar-refractivity contribution in [2.75, 3.05) is 26.7 Å². The van der Waals surface area contributed by atoms with E-state index in [1.165, 1.54) is 19.3 Å². The lowest BCUT2D eigenvalue weighted by molar-refractivity contribution is 0.170. The number of hydrogen-bond acceptors (Lipinski definition) is 2. The van der Waals surface area contributed by atoms with E-state index < -0.39 is 0 Å². The standard InChI is InChI=1S/C15H22BrFN2.ClH/c1-18-8-5-12-6-9-19(10-7-12)11-13-14(16)3-2-4-15(13)17;/h2-4,12,18H,5-11H2,1H3;1H. The van der Waals surface area contributed by atoms with Gasteiger partial charge in [0.25, 0.3) is 0 Å². The number of halogens is 3. The Kier molecular flexibility index (Phi) is 8.03. The fraction of sp³-hybridized carbons (Fsp3) is 0.600. The molecule has 0 aliphatic carbocycles. The van der Waals surface area contributed by atoms with E-state index >= 15 is 0 Å². The lowest BCUT2D eigenvalue weighted by Gasteiger charge is -2.32. The van der Waals surface area contributed by atoms with Crippen LogP contribution >= 0.6 is 28.3 Å². The molecular weight excluding hydrogens is 343 g/mol. The molecule has 1 aliphatic rings. The molecule has 1 saturated heterocycles. The molecule has 0 amide bonds. The minimum absolute atomic E-state index is 0. The predicted molar refractivity (Wildman–Crippen MR) is 87.9 cm³/mol. The normalized spacial score (nSPS) is 16.9. The summed E-state index contributed by atoms with van der Waals surface area (Å²) in [7, 11) is 2.00. The summed E-state index contributed by atoms with van der Waals surface area (Å²) < 4.78 is 14.7. The zero-order chi connectivity index (χ0) is 13.7. The van der Waals surface area contributed by atoms with Gasteiger partial charge in [-0.05, 0) is 64.0 Å². The molecule has 0 spiro atoms. The molecule has 0 bridgehead atoms. The Balaban J connectivity index is 0.00000200. The zero-order valence-electron chi connectivity index (χ0n) is 11.9. The second-order valence-corrected chi connectivity index (χ2v) is 6.17. The van der Waals surface area contributed by atoms with Crippen molar-refractivity contribution in [3.8, 4) is 0 Å². The lowest BCUT2D eigenvalue weighted by atomic mass is 9.93. The zero-order valence-corrected chi connectivity index (χ0v) is 14.3. The third-order valence-electron chi connectivity index (χ3n) is 3.95. The van der Waals surface area contributed by atoms with Crippen LogP contribution in [0.4, 0.5) is 4.39 Å². The Morgan fingerprint density at radius 3 is 2.65 bits per heavy atom. The van der Waals surface area contributed by atoms with Crippen LogP contribution in [0.3, 0.4) is 0 Å². The average Bonchev–Trinajstić information content (AvgIpc) is 2.42. The quantitative estimate of drug-likeness (QED) is 0.853. The smallest absolute Gasteiger partial charge is 0.128 e. The summed E-state index contributed by atoms with van der Waals surface area (Å²) >= 11 is 3.45. The third-order valence-corrected chi connectivity index (χ3v) is 4.70. The van der Waals surface area contributed by atoms with E-state index in [4.69, 9.17) is 0 Å². The van der Waals surface area contributed by atoms with Crippen LogP contribution in [0.25, 0.3) is 0 Å². The number of nitrogens with zero attached hydrogens (tertiary/aromatic N) is 1. The van der Waals surface area contributed by atoms with E-state index in [-0.39, 0.29) is 18.2 Å². The summed E-state index contributed by atoms with van der Waals surface area (Å²) in [6, 6.07) is 5.20. The van der Waals surface area contributed by atoms with Crippen LogP contribution in [-0.4, -0.2) is 31.6 Å². The van der Waals surface area contributed by atoms with Gasteiger partial charge in [-0.25, -0.2) is 4.39 Å². The summed E-state index contributed by atoms with van der Waals surface area (Å²) in [4.78, 5) is 2.36. The fourth-order valence-corrected chi connectivity index (χ4v) is 3.16. The van der Waals surface area contributed by atoms with Gasteiger partial charge < -0.3 is 5.32 Å². The van der Waals surface area contributed by atoms with Gasteiger partial charge in [0, 0.05) is 16.6 Å². The van der Waals surface area contributed by atoms with Crippen molar-refractivity contribution >= 4 is 28.3 Å². The van der Waals surface area contributed by atoms with Gasteiger partial charge in [0.05, 0.1) is 0 Å². The number of piperidine rings is 1. The topological polar surface area (TPSA) is 15.3 Å². The highest BCUT2D eigenvalue weighted by Gasteiger charge is 2.20. The van der Waals surface area contributed by atoms with Gasteiger partial charge in [-0.1, -0.05) is 22.0 Å². The number of hydrogen-bond donors (Lipinski definition) is 1. The van der Waals surface area contributed by atoms with Gasteiger partial charge in [0.1, 0.15) is 5.82 Å². The minimum Gasteiger partial charge on any atom is -0.320 e. The van der Waals surface area contributed by atoms with E-state index in [1.807, 2.05) is 13.1 Å². The van der Waals surface area contributed by atoms with Crippen molar-refractivity contribution in [2.24, 2.45) is 5.92 Å². The highest BCUT2D eigenvalue weighted by molar-refractivity contribution is 9.10. The maximum absolute atomic E-state index is 13.8. The summed E-state index contributed by atoms with van der Waals surface area (Å²) in [5, 5.41) is 3.21. The first-order valence-corrected chi connectivity index (χ1v) is 7.80. The molecule has 0 aromatic heterocycles. The van der Waals surface area contributed by atoms with E-state index in [2.05, 4.69) is 26.1 Å². The van der Waals surface area contributed by atoms with Gasteiger partial charge in [0.2, 0.25) is 0 Å². The molecule has 1 aliphatic heterocycles. The van der Waals surface area contributed by atoms with Crippen LogP contribution in [0.5, 0.6) is 0 Å². The van der Waals surface area contributed by atoms with E-state index in [0.717, 1.165) is 35.6 Å². The summed E-state index contributed by atoms with van der Waals surface area (Å²) in [6.07, 6.45) is 3.72. The molecular formula is C15H23BrClFN2. The van der Waals surface area contributed by atoms with Crippen molar-refractivity contribution in [1.82, 2.24) is 10.2 Å². The van der Waals surface area contributed by atoms with Crippen molar-refractivity contribution in [3.05, 3.63) is 34.1 Å². The van der Waals surface area contributed by atoms with Crippen molar-refractivity contribution in [3.63, 3.8) is 0 Å². The van der Waals surface area contributed by atoms with Gasteiger partial charge in [-0.2, -0.15) is 0 Å². The van der Waals surface area contributed by atoms with E-state index in [9.17, 15) is 4.39 Å². The molecule has 0 radical (unpaired) electrons. The summed E-state index contributed by atoms with van der Waals surface area (Å²) in [6.45, 7) is 3.97. The molecule has 0 atom stereocenters. The van der Waals surface area contributed by atoms with E-state index in [0.29, 0.717) is 6.54 Å². The second kappa shape index (κ2) is 8.98. The number of nitrogens with one attached hydrogen (secondary N) is 1. The van der Waals surface area contributed by atoms with Crippen LogP contribution in [-0.2, 0) is 6.54 Å². The first kappa shape index (κ1) is 17.9. The Bertz CT molecular complexity index is 389. The Labute approximate surface area is 135 Å². The SMILES string of the molecule is CNCCC1CCN(Cc2c(F)cccc2Br)CC1.Cl. The second-order valence-electron chi connectivity index (χ2n) is 5.31. The van der Waals surface area contributed by atoms with Gasteiger partial charge in [0.15, 0.2) is 0 Å². The first-order valence-electron chi connectivity index (χ1n) is 7.00. The average molecular weight is 366 g/mol. The van der Waals surface area contributed by atoms with Gasteiger partial charge >= 0.3 is 0 Å². The maximum atomic E-state index is 13.8. The van der Waals surface area contributed by atoms with Crippen molar-refractivity contribution in [1.29, 1.82) is 0 Å². The number of rotatable bonds is 5. The molecule has 114 valence electrons. The molecule has 1 aromatic rings. The molecule has 1 fully saturated rings. The summed E-state index contributed by atoms with van der Waals surface area (Å²) in [5.74, 6) is 0.722. The fourth-order valence-electron chi connectivity index (χ4n) is 2.69. The van der Waals surface area contributed by atoms with Crippen LogP contribution < -0.4 is 5.32 Å². The van der Waals surface area contributed by atoms with Gasteiger partial charge in [-0.15, -0.1) is 12.4 Å². The van der Waals surface area contributed by atoms with Crippen LogP contribution in [0.2, 0.25) is 0 Å². The van der Waals surface area contributed by atoms with Crippen LogP contribution in [0.15, 0.2) is 22.7 Å². The molecule has 2 rings (SSSR count). The lowest BCUT2D eigenvalue weighted by Crippen LogP contribution is -2.34. The molecule has 1 N–H and O–H groups in total. The molecule has 2 nitrogen and oxygen atoms in total. The van der Waals surface area contributed by atoms with E-state index in [1.54, 1.807) is 12.1 Å². The molecule has 20 heavy (non-hydrogen) atoms. The molecule has 0 unspecified atom stereocenters. The highest BCUT2D eigenvalue weighted by atomic mass is 79.9. The number of benzene rings is 1. The minimum atomic E-state index is -0.105. The van der Waals surface area contributed by atoms with Crippen molar-refractivity contribution < 1.29 is 4.39 Å². The van der Waals surface area contributed by atoms with Crippen LogP contribution in [0.1, 0.15) is 24.8 Å². The molecule has 5 heteroatoms. The van der Waals surface area contributed by atoms with Crippen molar-refractivity contribution in [2.45, 2.75) is 25.8 Å². The predicted octanol–water partition coefficient (Wildman–Crippen LogP) is 3.83. The first-order chi connectivity index (χ1) is 9.20. The third kappa shape index (κ3) is 4.99. The molecule has 1 aromatic carbocycles. The Hall–Kier alpha value is -0.160. The Morgan fingerprint density at radius 2 is 2.05 bits per heavy atom. The monoisotopic (exact) mass is 364 g/mol. The maximum Gasteiger partial charge on any atom is 0.128 e. The van der Waals surface area contributed by atoms with Crippen LogP contribution in [0, 0.1) is 11.7 Å². The highest BCUT2D eigenvalue weighted by Crippen LogP contribution is 2.25. The summed E-state index contributed by atoms with van der Waals surface area (Å²) in [5.41, 5.74) is 0.788. The number of likely N-dealkylation sites (tertiary alicyclic amines) is 1. The van der Waals surface area contributed by atoms with Gasteiger partial charge in [-0.3, -0.25) is 4.90 Å². The Morgan fingerprint density at radius 1 is 1.35 bits per heavy atom.